The summed E-state index contributed by atoms with van der Waals surface area (Å²) in [6.07, 6.45) is -0.750. The van der Waals surface area contributed by atoms with Gasteiger partial charge >= 0.3 is 0 Å². The minimum atomic E-state index is -3.69. The maximum Gasteiger partial charge on any atom is 0.242 e. The van der Waals surface area contributed by atoms with Gasteiger partial charge in [-0.05, 0) is 25.1 Å². The molecule has 0 aromatic heterocycles. The average Bonchev–Trinajstić information content (AvgIpc) is 2.43. The van der Waals surface area contributed by atoms with Crippen LogP contribution in [-0.2, 0) is 10.0 Å². The Balaban J connectivity index is 3.25. The van der Waals surface area contributed by atoms with E-state index in [2.05, 4.69) is 11.8 Å². The first-order chi connectivity index (χ1) is 9.82. The van der Waals surface area contributed by atoms with Crippen molar-refractivity contribution in [1.82, 2.24) is 4.31 Å². The van der Waals surface area contributed by atoms with E-state index in [9.17, 15) is 13.5 Å². The van der Waals surface area contributed by atoms with E-state index < -0.39 is 16.1 Å². The highest BCUT2D eigenvalue weighted by atomic mass is 32.2. The van der Waals surface area contributed by atoms with Gasteiger partial charge in [0.25, 0.3) is 0 Å². The van der Waals surface area contributed by atoms with Gasteiger partial charge in [-0.25, -0.2) is 8.42 Å². The third kappa shape index (κ3) is 4.44. The van der Waals surface area contributed by atoms with E-state index in [-0.39, 0.29) is 18.0 Å². The number of nitrogens with two attached hydrogens (primary N) is 1. The normalized spacial score (nSPS) is 12.7. The molecule has 7 heteroatoms. The molecule has 0 aliphatic rings. The number of likely N-dealkylation sites (N-methyl/N-ethyl adjacent to an activating group) is 1. The SMILES string of the molecule is COc1ccc(S(=O)(=O)N(C)CC(C)O)cc1C#CCN. The summed E-state index contributed by atoms with van der Waals surface area (Å²) in [4.78, 5) is 0.0905. The number of aliphatic hydroxyl groups is 1. The molecule has 21 heavy (non-hydrogen) atoms. The van der Waals surface area contributed by atoms with E-state index >= 15 is 0 Å². The van der Waals surface area contributed by atoms with Gasteiger partial charge in [0, 0.05) is 13.6 Å². The Kier molecular flexibility index (Phi) is 6.18. The fraction of sp³-hybridized carbons (Fsp3) is 0.429. The molecule has 116 valence electrons. The summed E-state index contributed by atoms with van der Waals surface area (Å²) in [6.45, 7) is 1.71. The summed E-state index contributed by atoms with van der Waals surface area (Å²) in [5, 5.41) is 9.32. The van der Waals surface area contributed by atoms with Crippen molar-refractivity contribution in [3.05, 3.63) is 23.8 Å². The van der Waals surface area contributed by atoms with E-state index in [4.69, 9.17) is 10.5 Å². The molecule has 0 bridgehead atoms. The zero-order valence-corrected chi connectivity index (χ0v) is 13.1. The van der Waals surface area contributed by atoms with Crippen molar-refractivity contribution in [2.45, 2.75) is 17.9 Å². The van der Waals surface area contributed by atoms with Crippen LogP contribution in [0.25, 0.3) is 0 Å². The van der Waals surface area contributed by atoms with Crippen molar-refractivity contribution >= 4 is 10.0 Å². The molecule has 0 spiro atoms. The summed E-state index contributed by atoms with van der Waals surface area (Å²) < 4.78 is 31.0. The number of sulfonamides is 1. The lowest BCUT2D eigenvalue weighted by Crippen LogP contribution is -2.33. The number of ether oxygens (including phenoxy) is 1. The average molecular weight is 312 g/mol. The highest BCUT2D eigenvalue weighted by Gasteiger charge is 2.22. The Morgan fingerprint density at radius 2 is 2.14 bits per heavy atom. The quantitative estimate of drug-likeness (QED) is 0.747. The predicted octanol–water partition coefficient (Wildman–Crippen LogP) is 0.00670. The molecule has 0 heterocycles. The van der Waals surface area contributed by atoms with Gasteiger partial charge in [0.15, 0.2) is 0 Å². The Hall–Kier alpha value is -1.59. The van der Waals surface area contributed by atoms with Crippen LogP contribution in [-0.4, -0.2) is 51.2 Å². The maximum absolute atomic E-state index is 12.4. The summed E-state index contributed by atoms with van der Waals surface area (Å²) in [5.41, 5.74) is 5.78. The highest BCUT2D eigenvalue weighted by Crippen LogP contribution is 2.23. The van der Waals surface area contributed by atoms with Gasteiger partial charge in [0.2, 0.25) is 10.0 Å². The second kappa shape index (κ2) is 7.43. The molecule has 0 radical (unpaired) electrons. The molecule has 0 saturated heterocycles. The second-order valence-corrected chi connectivity index (χ2v) is 6.55. The number of hydrogen-bond donors (Lipinski definition) is 2. The van der Waals surface area contributed by atoms with Gasteiger partial charge in [-0.1, -0.05) is 11.8 Å². The minimum Gasteiger partial charge on any atom is -0.495 e. The molecule has 0 aliphatic heterocycles. The van der Waals surface area contributed by atoms with Crippen molar-refractivity contribution < 1.29 is 18.3 Å². The van der Waals surface area contributed by atoms with E-state index in [0.29, 0.717) is 11.3 Å². The Bertz CT molecular complexity index is 645. The van der Waals surface area contributed by atoms with E-state index in [0.717, 1.165) is 4.31 Å². The molecular formula is C14H20N2O4S. The van der Waals surface area contributed by atoms with E-state index in [1.54, 1.807) is 6.07 Å². The van der Waals surface area contributed by atoms with Crippen molar-refractivity contribution in [2.75, 3.05) is 27.2 Å². The molecule has 0 amide bonds. The van der Waals surface area contributed by atoms with Crippen LogP contribution < -0.4 is 10.5 Å². The van der Waals surface area contributed by atoms with Gasteiger partial charge in [-0.15, -0.1) is 0 Å². The predicted molar refractivity (Wildman–Crippen MR) is 80.4 cm³/mol. The highest BCUT2D eigenvalue weighted by molar-refractivity contribution is 7.89. The molecule has 6 nitrogen and oxygen atoms in total. The number of aliphatic hydroxyl groups excluding tert-OH is 1. The van der Waals surface area contributed by atoms with Gasteiger partial charge in [0.1, 0.15) is 5.75 Å². The van der Waals surface area contributed by atoms with E-state index in [1.807, 2.05) is 0 Å². The van der Waals surface area contributed by atoms with Crippen LogP contribution in [0.2, 0.25) is 0 Å². The number of rotatable bonds is 5. The minimum absolute atomic E-state index is 0.0121. The van der Waals surface area contributed by atoms with Crippen LogP contribution in [0, 0.1) is 11.8 Å². The first kappa shape index (κ1) is 17.5. The van der Waals surface area contributed by atoms with Crippen molar-refractivity contribution in [3.63, 3.8) is 0 Å². The largest absolute Gasteiger partial charge is 0.495 e. The number of hydrogen-bond acceptors (Lipinski definition) is 5. The van der Waals surface area contributed by atoms with Crippen LogP contribution in [0.15, 0.2) is 23.1 Å². The molecule has 1 aromatic rings. The maximum atomic E-state index is 12.4. The lowest BCUT2D eigenvalue weighted by molar-refractivity contribution is 0.171. The summed E-state index contributed by atoms with van der Waals surface area (Å²) in [7, 11) is -0.791. The molecule has 0 saturated carbocycles. The van der Waals surface area contributed by atoms with Gasteiger partial charge < -0.3 is 15.6 Å². The topological polar surface area (TPSA) is 92.9 Å². The van der Waals surface area contributed by atoms with Crippen molar-refractivity contribution in [3.8, 4) is 17.6 Å². The van der Waals surface area contributed by atoms with Crippen molar-refractivity contribution in [1.29, 1.82) is 0 Å². The van der Waals surface area contributed by atoms with Crippen LogP contribution >= 0.6 is 0 Å². The smallest absolute Gasteiger partial charge is 0.242 e. The first-order valence-corrected chi connectivity index (χ1v) is 7.78. The fourth-order valence-corrected chi connectivity index (χ4v) is 3.02. The van der Waals surface area contributed by atoms with Crippen molar-refractivity contribution in [2.24, 2.45) is 5.73 Å². The summed E-state index contributed by atoms with van der Waals surface area (Å²) >= 11 is 0. The molecule has 1 rings (SSSR count). The zero-order chi connectivity index (χ0) is 16.0. The molecule has 3 N–H and O–H groups in total. The van der Waals surface area contributed by atoms with Gasteiger partial charge in [-0.2, -0.15) is 4.31 Å². The standard InChI is InChI=1S/C14H20N2O4S/c1-11(17)10-16(2)21(18,19)13-6-7-14(20-3)12(9-13)5-4-8-15/h6-7,9,11,17H,8,10,15H2,1-3H3. The lowest BCUT2D eigenvalue weighted by atomic mass is 10.2. The summed E-state index contributed by atoms with van der Waals surface area (Å²) in [6, 6.07) is 4.43. The third-order valence-corrected chi connectivity index (χ3v) is 4.54. The van der Waals surface area contributed by atoms with Crippen LogP contribution in [0.3, 0.4) is 0 Å². The second-order valence-electron chi connectivity index (χ2n) is 4.50. The molecule has 1 atom stereocenters. The number of methoxy groups -OCH3 is 1. The Morgan fingerprint density at radius 3 is 2.67 bits per heavy atom. The van der Waals surface area contributed by atoms with Crippen LogP contribution in [0.5, 0.6) is 5.75 Å². The molecule has 1 unspecified atom stereocenters. The fourth-order valence-electron chi connectivity index (χ4n) is 1.74. The van der Waals surface area contributed by atoms with Crippen LogP contribution in [0.4, 0.5) is 0 Å². The monoisotopic (exact) mass is 312 g/mol. The molecule has 0 fully saturated rings. The Morgan fingerprint density at radius 1 is 1.48 bits per heavy atom. The third-order valence-electron chi connectivity index (χ3n) is 2.73. The first-order valence-electron chi connectivity index (χ1n) is 6.34. The summed E-state index contributed by atoms with van der Waals surface area (Å²) in [5.74, 6) is 5.93. The van der Waals surface area contributed by atoms with E-state index in [1.165, 1.54) is 33.2 Å². The number of benzene rings is 1. The molecule has 0 aliphatic carbocycles. The lowest BCUT2D eigenvalue weighted by Gasteiger charge is -2.19. The Labute approximate surface area is 125 Å². The zero-order valence-electron chi connectivity index (χ0n) is 12.3. The van der Waals surface area contributed by atoms with Crippen LogP contribution in [0.1, 0.15) is 12.5 Å². The molecular weight excluding hydrogens is 292 g/mol. The van der Waals surface area contributed by atoms with Gasteiger partial charge in [0.05, 0.1) is 30.2 Å². The molecule has 1 aromatic carbocycles. The number of nitrogens with zero attached hydrogens (tertiary/aromatic N) is 1. The van der Waals surface area contributed by atoms with Gasteiger partial charge in [-0.3, -0.25) is 0 Å².